The Balaban J connectivity index is 2.18. The Hall–Kier alpha value is -2.56. The highest BCUT2D eigenvalue weighted by Gasteiger charge is 2.08. The molecule has 19 heavy (non-hydrogen) atoms. The third kappa shape index (κ3) is 1.89. The molecule has 0 saturated heterocycles. The third-order valence-electron chi connectivity index (χ3n) is 3.10. The Kier molecular flexibility index (Phi) is 2.59. The van der Waals surface area contributed by atoms with Gasteiger partial charge in [0.1, 0.15) is 17.2 Å². The molecule has 3 rings (SSSR count). The quantitative estimate of drug-likeness (QED) is 0.761. The average molecular weight is 255 g/mol. The first kappa shape index (κ1) is 11.5. The van der Waals surface area contributed by atoms with Crippen molar-refractivity contribution >= 4 is 11.0 Å². The average Bonchev–Trinajstić information content (AvgIpc) is 2.81. The number of fused-ring (bicyclic) bond motifs is 1. The Bertz CT molecular complexity index is 785. The summed E-state index contributed by atoms with van der Waals surface area (Å²) in [7, 11) is 3.48. The highest BCUT2D eigenvalue weighted by molar-refractivity contribution is 5.77. The topological polar surface area (TPSA) is 59.9 Å². The van der Waals surface area contributed by atoms with Gasteiger partial charge in [0.15, 0.2) is 0 Å². The predicted molar refractivity (Wildman–Crippen MR) is 73.3 cm³/mol. The lowest BCUT2D eigenvalue weighted by Gasteiger charge is -2.04. The highest BCUT2D eigenvalue weighted by atomic mass is 16.5. The SMILES string of the molecule is COc1ccc(-c2nc3c(ccn3C)c(=O)[nH]2)cc1. The van der Waals surface area contributed by atoms with Crippen LogP contribution in [-0.2, 0) is 7.05 Å². The molecule has 0 unspecified atom stereocenters. The number of hydrogen-bond donors (Lipinski definition) is 1. The molecule has 0 aliphatic rings. The minimum absolute atomic E-state index is 0.128. The number of methoxy groups -OCH3 is 1. The van der Waals surface area contributed by atoms with Crippen molar-refractivity contribution in [3.05, 3.63) is 46.9 Å². The van der Waals surface area contributed by atoms with E-state index in [-0.39, 0.29) is 5.56 Å². The number of hydrogen-bond acceptors (Lipinski definition) is 3. The fraction of sp³-hybridized carbons (Fsp3) is 0.143. The minimum atomic E-state index is -0.128. The molecule has 3 aromatic rings. The van der Waals surface area contributed by atoms with E-state index in [9.17, 15) is 4.79 Å². The van der Waals surface area contributed by atoms with Crippen LogP contribution in [0.25, 0.3) is 22.4 Å². The Morgan fingerprint density at radius 3 is 2.63 bits per heavy atom. The minimum Gasteiger partial charge on any atom is -0.497 e. The highest BCUT2D eigenvalue weighted by Crippen LogP contribution is 2.19. The van der Waals surface area contributed by atoms with E-state index in [0.717, 1.165) is 11.3 Å². The molecule has 0 radical (unpaired) electrons. The number of ether oxygens (including phenoxy) is 1. The molecule has 0 atom stereocenters. The van der Waals surface area contributed by atoms with Crippen molar-refractivity contribution in [1.29, 1.82) is 0 Å². The smallest absolute Gasteiger partial charge is 0.260 e. The van der Waals surface area contributed by atoms with E-state index >= 15 is 0 Å². The summed E-state index contributed by atoms with van der Waals surface area (Å²) in [5.74, 6) is 1.33. The molecule has 0 aliphatic carbocycles. The van der Waals surface area contributed by atoms with Gasteiger partial charge in [-0.1, -0.05) is 0 Å². The first-order valence-electron chi connectivity index (χ1n) is 5.89. The summed E-state index contributed by atoms with van der Waals surface area (Å²) in [6, 6.07) is 9.17. The van der Waals surface area contributed by atoms with E-state index < -0.39 is 0 Å². The van der Waals surface area contributed by atoms with Gasteiger partial charge in [-0.15, -0.1) is 0 Å². The molecule has 0 bridgehead atoms. The van der Waals surface area contributed by atoms with Gasteiger partial charge in [-0.2, -0.15) is 0 Å². The van der Waals surface area contributed by atoms with Crippen molar-refractivity contribution in [1.82, 2.24) is 14.5 Å². The molecule has 96 valence electrons. The van der Waals surface area contributed by atoms with E-state index in [2.05, 4.69) is 9.97 Å². The van der Waals surface area contributed by atoms with Crippen LogP contribution in [-0.4, -0.2) is 21.6 Å². The Labute approximate surface area is 109 Å². The molecule has 2 heterocycles. The lowest BCUT2D eigenvalue weighted by molar-refractivity contribution is 0.415. The maximum atomic E-state index is 12.0. The van der Waals surface area contributed by atoms with Gasteiger partial charge in [0, 0.05) is 18.8 Å². The van der Waals surface area contributed by atoms with Crippen molar-refractivity contribution in [2.45, 2.75) is 0 Å². The van der Waals surface area contributed by atoms with E-state index in [1.54, 1.807) is 13.2 Å². The zero-order valence-corrected chi connectivity index (χ0v) is 10.7. The van der Waals surface area contributed by atoms with Crippen molar-refractivity contribution in [3.8, 4) is 17.1 Å². The number of H-pyrrole nitrogens is 1. The molecule has 5 heteroatoms. The molecule has 1 aromatic carbocycles. The number of aromatic amines is 1. The Morgan fingerprint density at radius 2 is 1.95 bits per heavy atom. The van der Waals surface area contributed by atoms with Gasteiger partial charge in [0.05, 0.1) is 12.5 Å². The predicted octanol–water partition coefficient (Wildman–Crippen LogP) is 1.94. The van der Waals surface area contributed by atoms with Crippen LogP contribution >= 0.6 is 0 Å². The van der Waals surface area contributed by atoms with Crippen LogP contribution in [0.1, 0.15) is 0 Å². The molecule has 0 amide bonds. The van der Waals surface area contributed by atoms with E-state index in [4.69, 9.17) is 4.74 Å². The van der Waals surface area contributed by atoms with Crippen LogP contribution in [0, 0.1) is 0 Å². The molecule has 5 nitrogen and oxygen atoms in total. The fourth-order valence-electron chi connectivity index (χ4n) is 2.03. The van der Waals surface area contributed by atoms with Crippen LogP contribution in [0.15, 0.2) is 41.3 Å². The summed E-state index contributed by atoms with van der Waals surface area (Å²) in [6.45, 7) is 0. The van der Waals surface area contributed by atoms with E-state index in [1.165, 1.54) is 0 Å². The molecular formula is C14H13N3O2. The van der Waals surface area contributed by atoms with Gasteiger partial charge in [-0.25, -0.2) is 4.98 Å². The summed E-state index contributed by atoms with van der Waals surface area (Å²) in [5, 5.41) is 0.597. The zero-order chi connectivity index (χ0) is 13.4. The Morgan fingerprint density at radius 1 is 1.21 bits per heavy atom. The molecule has 0 aliphatic heterocycles. The van der Waals surface area contributed by atoms with Gasteiger partial charge < -0.3 is 14.3 Å². The number of nitrogens with one attached hydrogen (secondary N) is 1. The van der Waals surface area contributed by atoms with Crippen molar-refractivity contribution in [2.24, 2.45) is 7.05 Å². The van der Waals surface area contributed by atoms with Gasteiger partial charge in [0.25, 0.3) is 5.56 Å². The number of nitrogens with zero attached hydrogens (tertiary/aromatic N) is 2. The maximum Gasteiger partial charge on any atom is 0.260 e. The summed E-state index contributed by atoms with van der Waals surface area (Å²) in [5.41, 5.74) is 1.40. The number of aromatic nitrogens is 3. The summed E-state index contributed by atoms with van der Waals surface area (Å²) < 4.78 is 6.94. The summed E-state index contributed by atoms with van der Waals surface area (Å²) >= 11 is 0. The molecule has 1 N–H and O–H groups in total. The largest absolute Gasteiger partial charge is 0.497 e. The van der Waals surface area contributed by atoms with Crippen LogP contribution < -0.4 is 10.3 Å². The van der Waals surface area contributed by atoms with E-state index in [1.807, 2.05) is 42.1 Å². The number of rotatable bonds is 2. The molecule has 2 aromatic heterocycles. The second-order valence-corrected chi connectivity index (χ2v) is 4.31. The van der Waals surface area contributed by atoms with Crippen molar-refractivity contribution < 1.29 is 4.74 Å². The van der Waals surface area contributed by atoms with Crippen molar-refractivity contribution in [3.63, 3.8) is 0 Å². The van der Waals surface area contributed by atoms with Crippen molar-refractivity contribution in [2.75, 3.05) is 7.11 Å². The fourth-order valence-corrected chi connectivity index (χ4v) is 2.03. The van der Waals surface area contributed by atoms with Crippen LogP contribution in [0.5, 0.6) is 5.75 Å². The standard InChI is InChI=1S/C14H13N3O2/c1-17-8-7-11-13(17)15-12(16-14(11)18)9-3-5-10(19-2)6-4-9/h3-8H,1-2H3,(H,15,16,18). The van der Waals surface area contributed by atoms with Gasteiger partial charge in [-0.05, 0) is 30.3 Å². The van der Waals surface area contributed by atoms with Crippen LogP contribution in [0.3, 0.4) is 0 Å². The third-order valence-corrected chi connectivity index (χ3v) is 3.10. The molecule has 0 fully saturated rings. The lowest BCUT2D eigenvalue weighted by Crippen LogP contribution is -2.09. The normalized spacial score (nSPS) is 10.8. The monoisotopic (exact) mass is 255 g/mol. The van der Waals surface area contributed by atoms with Gasteiger partial charge >= 0.3 is 0 Å². The lowest BCUT2D eigenvalue weighted by atomic mass is 10.2. The molecular weight excluding hydrogens is 242 g/mol. The molecule has 0 saturated carbocycles. The van der Waals surface area contributed by atoms with Gasteiger partial charge in [0.2, 0.25) is 0 Å². The molecule has 0 spiro atoms. The van der Waals surface area contributed by atoms with Crippen LogP contribution in [0.2, 0.25) is 0 Å². The second-order valence-electron chi connectivity index (χ2n) is 4.31. The first-order valence-corrected chi connectivity index (χ1v) is 5.89. The van der Waals surface area contributed by atoms with E-state index in [0.29, 0.717) is 16.9 Å². The first-order chi connectivity index (χ1) is 9.19. The van der Waals surface area contributed by atoms with Crippen LogP contribution in [0.4, 0.5) is 0 Å². The number of aryl methyl sites for hydroxylation is 1. The zero-order valence-electron chi connectivity index (χ0n) is 10.7. The van der Waals surface area contributed by atoms with Gasteiger partial charge in [-0.3, -0.25) is 4.79 Å². The summed E-state index contributed by atoms with van der Waals surface area (Å²) in [6.07, 6.45) is 1.82. The maximum absolute atomic E-state index is 12.0. The number of benzene rings is 1. The summed E-state index contributed by atoms with van der Waals surface area (Å²) in [4.78, 5) is 19.3. The second kappa shape index (κ2) is 4.28.